The molecule has 0 bridgehead atoms. The molecule has 1 aliphatic rings. The van der Waals surface area contributed by atoms with Crippen LogP contribution in [0.2, 0.25) is 0 Å². The van der Waals surface area contributed by atoms with Crippen molar-refractivity contribution in [3.8, 4) is 5.75 Å². The van der Waals surface area contributed by atoms with E-state index in [0.717, 1.165) is 0 Å². The van der Waals surface area contributed by atoms with Gasteiger partial charge in [-0.25, -0.2) is 4.79 Å². The van der Waals surface area contributed by atoms with Crippen molar-refractivity contribution in [2.75, 3.05) is 5.32 Å². The normalized spacial score (nSPS) is 21.4. The third kappa shape index (κ3) is 3.87. The predicted molar refractivity (Wildman–Crippen MR) is 78.3 cm³/mol. The number of alkyl carbamates (subject to hydrolysis) is 1. The van der Waals surface area contributed by atoms with Crippen molar-refractivity contribution in [2.24, 2.45) is 0 Å². The molecule has 0 aromatic heterocycles. The molecule has 0 spiro atoms. The van der Waals surface area contributed by atoms with E-state index < -0.39 is 23.8 Å². The van der Waals surface area contributed by atoms with Crippen LogP contribution in [0, 0.1) is 0 Å². The van der Waals surface area contributed by atoms with Crippen molar-refractivity contribution < 1.29 is 19.1 Å². The number of ether oxygens (including phenoxy) is 2. The number of benzene rings is 1. The van der Waals surface area contributed by atoms with Gasteiger partial charge in [0.05, 0.1) is 5.69 Å². The summed E-state index contributed by atoms with van der Waals surface area (Å²) in [6, 6.07) is 6.30. The van der Waals surface area contributed by atoms with Crippen LogP contribution < -0.4 is 15.4 Å². The summed E-state index contributed by atoms with van der Waals surface area (Å²) >= 11 is 0. The second-order valence-corrected chi connectivity index (χ2v) is 5.93. The highest BCUT2D eigenvalue weighted by Gasteiger charge is 2.33. The zero-order chi connectivity index (χ0) is 15.6. The highest BCUT2D eigenvalue weighted by Crippen LogP contribution is 2.28. The van der Waals surface area contributed by atoms with Gasteiger partial charge in [-0.2, -0.15) is 0 Å². The minimum atomic E-state index is -0.827. The molecule has 114 valence electrons. The van der Waals surface area contributed by atoms with E-state index in [4.69, 9.17) is 9.47 Å². The van der Waals surface area contributed by atoms with E-state index in [1.54, 1.807) is 45.9 Å². The Labute approximate surface area is 123 Å². The molecule has 1 aromatic carbocycles. The minimum Gasteiger partial charge on any atom is -0.486 e. The third-order valence-corrected chi connectivity index (χ3v) is 2.88. The molecule has 0 radical (unpaired) electrons. The second kappa shape index (κ2) is 5.63. The zero-order valence-corrected chi connectivity index (χ0v) is 12.6. The number of hydrogen-bond donors (Lipinski definition) is 2. The Morgan fingerprint density at radius 2 is 2.00 bits per heavy atom. The summed E-state index contributed by atoms with van der Waals surface area (Å²) in [4.78, 5) is 24.1. The van der Waals surface area contributed by atoms with Crippen LogP contribution in [0.4, 0.5) is 10.5 Å². The Morgan fingerprint density at radius 3 is 2.67 bits per heavy atom. The van der Waals surface area contributed by atoms with E-state index in [1.807, 2.05) is 6.07 Å². The zero-order valence-electron chi connectivity index (χ0n) is 12.6. The molecule has 1 heterocycles. The summed E-state index contributed by atoms with van der Waals surface area (Å²) in [5, 5.41) is 5.29. The smallest absolute Gasteiger partial charge is 0.408 e. The van der Waals surface area contributed by atoms with Crippen molar-refractivity contribution in [2.45, 2.75) is 45.4 Å². The maximum Gasteiger partial charge on any atom is 0.408 e. The number of anilines is 1. The summed E-state index contributed by atoms with van der Waals surface area (Å²) in [5.41, 5.74) is -0.0407. The maximum atomic E-state index is 12.2. The van der Waals surface area contributed by atoms with Crippen LogP contribution in [0.5, 0.6) is 5.75 Å². The van der Waals surface area contributed by atoms with Crippen LogP contribution in [-0.2, 0) is 9.53 Å². The largest absolute Gasteiger partial charge is 0.486 e. The first-order valence-corrected chi connectivity index (χ1v) is 6.82. The second-order valence-electron chi connectivity index (χ2n) is 5.93. The van der Waals surface area contributed by atoms with Crippen molar-refractivity contribution in [1.29, 1.82) is 0 Å². The minimum absolute atomic E-state index is 0.335. The number of amides is 2. The van der Waals surface area contributed by atoms with Gasteiger partial charge in [0.15, 0.2) is 0 Å². The monoisotopic (exact) mass is 292 g/mol. The third-order valence-electron chi connectivity index (χ3n) is 2.88. The maximum absolute atomic E-state index is 12.2. The summed E-state index contributed by atoms with van der Waals surface area (Å²) in [6.45, 7) is 7.00. The van der Waals surface area contributed by atoms with Crippen LogP contribution in [-0.4, -0.2) is 29.7 Å². The molecule has 0 aliphatic carbocycles. The number of carbonyl (C=O) groups excluding carboxylic acids is 2. The average molecular weight is 292 g/mol. The van der Waals surface area contributed by atoms with Gasteiger partial charge in [0.25, 0.3) is 5.91 Å². The highest BCUT2D eigenvalue weighted by molar-refractivity contribution is 5.98. The van der Waals surface area contributed by atoms with Crippen LogP contribution in [0.3, 0.4) is 0 Å². The molecule has 21 heavy (non-hydrogen) atoms. The Bertz CT molecular complexity index is 551. The number of fused-ring (bicyclic) bond motifs is 1. The Kier molecular flexibility index (Phi) is 4.06. The molecule has 0 fully saturated rings. The predicted octanol–water partition coefficient (Wildman–Crippen LogP) is 2.30. The molecule has 6 heteroatoms. The number of nitrogens with one attached hydrogen (secondary N) is 2. The SMILES string of the molecule is C[C@H]1Oc2ccccc2NC(=O)[C@H]1NC(=O)OC(C)(C)C. The van der Waals surface area contributed by atoms with Gasteiger partial charge in [-0.3, -0.25) is 4.79 Å². The fraction of sp³-hybridized carbons (Fsp3) is 0.467. The molecule has 2 amide bonds. The van der Waals surface area contributed by atoms with Gasteiger partial charge in [0.1, 0.15) is 23.5 Å². The van der Waals surface area contributed by atoms with E-state index in [2.05, 4.69) is 10.6 Å². The quantitative estimate of drug-likeness (QED) is 0.832. The molecule has 2 N–H and O–H groups in total. The molecule has 0 unspecified atom stereocenters. The van der Waals surface area contributed by atoms with Crippen LogP contribution in [0.25, 0.3) is 0 Å². The van der Waals surface area contributed by atoms with Gasteiger partial charge in [0, 0.05) is 0 Å². The first-order valence-electron chi connectivity index (χ1n) is 6.82. The summed E-state index contributed by atoms with van der Waals surface area (Å²) in [6.07, 6.45) is -1.16. The Morgan fingerprint density at radius 1 is 1.33 bits per heavy atom. The van der Waals surface area contributed by atoms with Gasteiger partial charge >= 0.3 is 6.09 Å². The first-order chi connectivity index (χ1) is 9.76. The molecule has 2 atom stereocenters. The molecule has 6 nitrogen and oxygen atoms in total. The molecular formula is C15H20N2O4. The van der Waals surface area contributed by atoms with Crippen molar-refractivity contribution >= 4 is 17.7 Å². The van der Waals surface area contributed by atoms with Crippen molar-refractivity contribution in [3.05, 3.63) is 24.3 Å². The van der Waals surface area contributed by atoms with Crippen LogP contribution >= 0.6 is 0 Å². The Hall–Kier alpha value is -2.24. The first kappa shape index (κ1) is 15.2. The molecule has 1 aromatic rings. The van der Waals surface area contributed by atoms with E-state index in [0.29, 0.717) is 11.4 Å². The molecule has 0 saturated heterocycles. The molecule has 1 aliphatic heterocycles. The summed E-state index contributed by atoms with van der Waals surface area (Å²) in [5.74, 6) is 0.241. The molecular weight excluding hydrogens is 272 g/mol. The number of rotatable bonds is 1. The molecule has 2 rings (SSSR count). The number of carbonyl (C=O) groups is 2. The average Bonchev–Trinajstić information content (AvgIpc) is 2.46. The number of hydrogen-bond acceptors (Lipinski definition) is 4. The lowest BCUT2D eigenvalue weighted by molar-refractivity contribution is -0.119. The number of para-hydroxylation sites is 2. The summed E-state index contributed by atoms with van der Waals surface area (Å²) in [7, 11) is 0. The fourth-order valence-electron chi connectivity index (χ4n) is 1.98. The van der Waals surface area contributed by atoms with E-state index in [9.17, 15) is 9.59 Å². The van der Waals surface area contributed by atoms with Gasteiger partial charge in [0.2, 0.25) is 0 Å². The summed E-state index contributed by atoms with van der Waals surface area (Å²) < 4.78 is 10.9. The topological polar surface area (TPSA) is 76.7 Å². The standard InChI is InChI=1S/C15H20N2O4/c1-9-12(17-14(19)21-15(2,3)4)13(18)16-10-7-5-6-8-11(10)20-9/h5-9,12H,1-4H3,(H,16,18)(H,17,19)/t9-,12+/m1/s1. The lowest BCUT2D eigenvalue weighted by Gasteiger charge is -2.24. The van der Waals surface area contributed by atoms with Crippen molar-refractivity contribution in [3.63, 3.8) is 0 Å². The molecule has 0 saturated carbocycles. The highest BCUT2D eigenvalue weighted by atomic mass is 16.6. The van der Waals surface area contributed by atoms with Crippen LogP contribution in [0.1, 0.15) is 27.7 Å². The van der Waals surface area contributed by atoms with Gasteiger partial charge in [-0.15, -0.1) is 0 Å². The van der Waals surface area contributed by atoms with Crippen LogP contribution in [0.15, 0.2) is 24.3 Å². The lowest BCUT2D eigenvalue weighted by Crippen LogP contribution is -2.51. The van der Waals surface area contributed by atoms with Gasteiger partial charge in [-0.05, 0) is 39.8 Å². The van der Waals surface area contributed by atoms with E-state index in [-0.39, 0.29) is 5.91 Å². The fourth-order valence-corrected chi connectivity index (χ4v) is 1.98. The van der Waals surface area contributed by atoms with Gasteiger partial charge in [-0.1, -0.05) is 12.1 Å². The van der Waals surface area contributed by atoms with E-state index >= 15 is 0 Å². The Balaban J connectivity index is 2.11. The van der Waals surface area contributed by atoms with Gasteiger partial charge < -0.3 is 20.1 Å². The van der Waals surface area contributed by atoms with Crippen molar-refractivity contribution in [1.82, 2.24) is 5.32 Å². The van der Waals surface area contributed by atoms with E-state index in [1.165, 1.54) is 0 Å². The lowest BCUT2D eigenvalue weighted by atomic mass is 10.1.